The number of nitrogens with zero attached hydrogens (tertiary/aromatic N) is 1. The van der Waals surface area contributed by atoms with E-state index in [1.54, 1.807) is 13.8 Å². The molecule has 0 spiro atoms. The maximum absolute atomic E-state index is 12.3. The van der Waals surface area contributed by atoms with Gasteiger partial charge in [-0.1, -0.05) is 6.92 Å². The number of carbonyl (C=O) groups is 2. The van der Waals surface area contributed by atoms with Gasteiger partial charge in [0.25, 0.3) is 0 Å². The van der Waals surface area contributed by atoms with Crippen LogP contribution in [0.4, 0.5) is 13.2 Å². The molecule has 0 aromatic heterocycles. The zero-order valence-corrected chi connectivity index (χ0v) is 10.3. The van der Waals surface area contributed by atoms with Crippen molar-refractivity contribution in [3.8, 4) is 0 Å². The minimum Gasteiger partial charge on any atom is -0.461 e. The molecular formula is C11H16F3NO3. The van der Waals surface area contributed by atoms with Gasteiger partial charge >= 0.3 is 18.1 Å². The van der Waals surface area contributed by atoms with Crippen LogP contribution in [0.3, 0.4) is 0 Å². The lowest BCUT2D eigenvalue weighted by atomic mass is 10.2. The van der Waals surface area contributed by atoms with Gasteiger partial charge in [0, 0.05) is 6.54 Å². The van der Waals surface area contributed by atoms with Gasteiger partial charge in [-0.05, 0) is 26.2 Å². The van der Waals surface area contributed by atoms with E-state index in [0.29, 0.717) is 17.7 Å². The van der Waals surface area contributed by atoms with E-state index in [9.17, 15) is 22.8 Å². The van der Waals surface area contributed by atoms with Crippen LogP contribution in [0.25, 0.3) is 0 Å². The SMILES string of the molecule is CC[C@H](C)OC(=O)[C@H]1CCCN1C(=O)C(F)(F)F. The van der Waals surface area contributed by atoms with Crippen LogP contribution < -0.4 is 0 Å². The highest BCUT2D eigenvalue weighted by molar-refractivity contribution is 5.88. The third-order valence-electron chi connectivity index (χ3n) is 2.92. The topological polar surface area (TPSA) is 46.6 Å². The van der Waals surface area contributed by atoms with Crippen LogP contribution in [-0.4, -0.2) is 41.6 Å². The molecule has 0 aromatic rings. The first kappa shape index (κ1) is 14.8. The first-order valence-corrected chi connectivity index (χ1v) is 5.85. The summed E-state index contributed by atoms with van der Waals surface area (Å²) in [7, 11) is 0. The molecule has 2 atom stereocenters. The molecule has 7 heteroatoms. The second-order valence-electron chi connectivity index (χ2n) is 4.31. The summed E-state index contributed by atoms with van der Waals surface area (Å²) < 4.78 is 41.9. The van der Waals surface area contributed by atoms with Crippen molar-refractivity contribution in [2.24, 2.45) is 0 Å². The fourth-order valence-electron chi connectivity index (χ4n) is 1.78. The third kappa shape index (κ3) is 3.36. The number of likely N-dealkylation sites (tertiary alicyclic amines) is 1. The first-order chi connectivity index (χ1) is 8.27. The van der Waals surface area contributed by atoms with Crippen LogP contribution in [-0.2, 0) is 14.3 Å². The molecule has 1 aliphatic rings. The van der Waals surface area contributed by atoms with E-state index in [-0.39, 0.29) is 19.1 Å². The van der Waals surface area contributed by atoms with E-state index >= 15 is 0 Å². The first-order valence-electron chi connectivity index (χ1n) is 5.85. The Labute approximate surface area is 103 Å². The lowest BCUT2D eigenvalue weighted by Gasteiger charge is -2.25. The van der Waals surface area contributed by atoms with Crippen LogP contribution in [0.1, 0.15) is 33.1 Å². The summed E-state index contributed by atoms with van der Waals surface area (Å²) in [6, 6.07) is -1.10. The number of hydrogen-bond acceptors (Lipinski definition) is 3. The van der Waals surface area contributed by atoms with E-state index in [1.807, 2.05) is 0 Å². The van der Waals surface area contributed by atoms with Crippen molar-refractivity contribution in [3.63, 3.8) is 0 Å². The fraction of sp³-hybridized carbons (Fsp3) is 0.818. The van der Waals surface area contributed by atoms with E-state index < -0.39 is 24.1 Å². The number of hydrogen-bond donors (Lipinski definition) is 0. The molecule has 4 nitrogen and oxygen atoms in total. The van der Waals surface area contributed by atoms with Gasteiger partial charge in [-0.15, -0.1) is 0 Å². The predicted octanol–water partition coefficient (Wildman–Crippen LogP) is 1.88. The van der Waals surface area contributed by atoms with Gasteiger partial charge in [0.2, 0.25) is 0 Å². The number of amides is 1. The molecule has 1 rings (SSSR count). The second-order valence-corrected chi connectivity index (χ2v) is 4.31. The zero-order chi connectivity index (χ0) is 13.9. The Morgan fingerprint density at radius 1 is 1.44 bits per heavy atom. The van der Waals surface area contributed by atoms with Crippen LogP contribution in [0.15, 0.2) is 0 Å². The number of halogens is 3. The highest BCUT2D eigenvalue weighted by Crippen LogP contribution is 2.26. The smallest absolute Gasteiger partial charge is 0.461 e. The fourth-order valence-corrected chi connectivity index (χ4v) is 1.78. The molecule has 18 heavy (non-hydrogen) atoms. The maximum atomic E-state index is 12.3. The molecule has 0 aromatic carbocycles. The van der Waals surface area contributed by atoms with Crippen molar-refractivity contribution < 1.29 is 27.5 Å². The molecule has 0 radical (unpaired) electrons. The van der Waals surface area contributed by atoms with E-state index in [4.69, 9.17) is 4.74 Å². The highest BCUT2D eigenvalue weighted by atomic mass is 19.4. The van der Waals surface area contributed by atoms with Gasteiger partial charge in [0.1, 0.15) is 6.04 Å². The Morgan fingerprint density at radius 2 is 2.06 bits per heavy atom. The number of rotatable bonds is 3. The molecule has 1 saturated heterocycles. The molecule has 1 amide bonds. The lowest BCUT2D eigenvalue weighted by Crippen LogP contribution is -2.47. The Morgan fingerprint density at radius 3 is 2.56 bits per heavy atom. The van der Waals surface area contributed by atoms with Crippen molar-refractivity contribution in [2.45, 2.75) is 51.4 Å². The van der Waals surface area contributed by atoms with Crippen LogP contribution in [0.5, 0.6) is 0 Å². The minimum absolute atomic E-state index is 0.0569. The van der Waals surface area contributed by atoms with E-state index in [0.717, 1.165) is 0 Å². The zero-order valence-electron chi connectivity index (χ0n) is 10.3. The van der Waals surface area contributed by atoms with Gasteiger partial charge in [0.15, 0.2) is 0 Å². The van der Waals surface area contributed by atoms with Gasteiger partial charge in [-0.3, -0.25) is 4.79 Å². The second kappa shape index (κ2) is 5.58. The Kier molecular flexibility index (Phi) is 4.59. The van der Waals surface area contributed by atoms with Crippen LogP contribution in [0, 0.1) is 0 Å². The lowest BCUT2D eigenvalue weighted by molar-refractivity contribution is -0.189. The Hall–Kier alpha value is -1.27. The molecule has 1 fully saturated rings. The number of carbonyl (C=O) groups excluding carboxylic acids is 2. The molecule has 0 saturated carbocycles. The molecule has 0 unspecified atom stereocenters. The summed E-state index contributed by atoms with van der Waals surface area (Å²) in [4.78, 5) is 23.4. The van der Waals surface area contributed by atoms with Gasteiger partial charge < -0.3 is 9.64 Å². The van der Waals surface area contributed by atoms with Crippen molar-refractivity contribution in [3.05, 3.63) is 0 Å². The molecule has 0 bridgehead atoms. The molecule has 104 valence electrons. The summed E-state index contributed by atoms with van der Waals surface area (Å²) in [5.74, 6) is -2.72. The van der Waals surface area contributed by atoms with Crippen LogP contribution in [0.2, 0.25) is 0 Å². The molecule has 1 aliphatic heterocycles. The molecule has 1 heterocycles. The minimum atomic E-state index is -4.95. The standard InChI is InChI=1S/C11H16F3NO3/c1-3-7(2)18-9(16)8-5-4-6-15(8)10(17)11(12,13)14/h7-8H,3-6H2,1-2H3/t7-,8+/m0/s1. The average molecular weight is 267 g/mol. The average Bonchev–Trinajstić information content (AvgIpc) is 2.75. The maximum Gasteiger partial charge on any atom is 0.471 e. The quantitative estimate of drug-likeness (QED) is 0.733. The third-order valence-corrected chi connectivity index (χ3v) is 2.92. The number of esters is 1. The summed E-state index contributed by atoms with van der Waals surface area (Å²) in [5.41, 5.74) is 0. The summed E-state index contributed by atoms with van der Waals surface area (Å²) >= 11 is 0. The molecule has 0 aliphatic carbocycles. The number of alkyl halides is 3. The van der Waals surface area contributed by atoms with E-state index in [2.05, 4.69) is 0 Å². The van der Waals surface area contributed by atoms with Crippen molar-refractivity contribution in [1.82, 2.24) is 4.90 Å². The highest BCUT2D eigenvalue weighted by Gasteiger charge is 2.48. The van der Waals surface area contributed by atoms with Gasteiger partial charge in [-0.25, -0.2) is 4.79 Å². The van der Waals surface area contributed by atoms with Gasteiger partial charge in [0.05, 0.1) is 6.10 Å². The Bertz CT molecular complexity index is 330. The Balaban J connectivity index is 2.71. The summed E-state index contributed by atoms with van der Waals surface area (Å²) in [6.45, 7) is 3.40. The van der Waals surface area contributed by atoms with Crippen molar-refractivity contribution >= 4 is 11.9 Å². The summed E-state index contributed by atoms with van der Waals surface area (Å²) in [6.07, 6.45) is -4.13. The molecular weight excluding hydrogens is 251 g/mol. The van der Waals surface area contributed by atoms with Crippen molar-refractivity contribution in [2.75, 3.05) is 6.54 Å². The monoisotopic (exact) mass is 267 g/mol. The normalized spacial score (nSPS) is 21.8. The van der Waals surface area contributed by atoms with Crippen molar-refractivity contribution in [1.29, 1.82) is 0 Å². The van der Waals surface area contributed by atoms with Gasteiger partial charge in [-0.2, -0.15) is 13.2 Å². The van der Waals surface area contributed by atoms with E-state index in [1.165, 1.54) is 0 Å². The van der Waals surface area contributed by atoms with Crippen LogP contribution >= 0.6 is 0 Å². The largest absolute Gasteiger partial charge is 0.471 e. The predicted molar refractivity (Wildman–Crippen MR) is 56.6 cm³/mol. The summed E-state index contributed by atoms with van der Waals surface area (Å²) in [5, 5.41) is 0. The molecule has 0 N–H and O–H groups in total. The number of ether oxygens (including phenoxy) is 1.